The van der Waals surface area contributed by atoms with Crippen LogP contribution in [0.4, 0.5) is 18.9 Å². The van der Waals surface area contributed by atoms with Gasteiger partial charge in [-0.1, -0.05) is 83.9 Å². The maximum Gasteiger partial charge on any atom is 0.416 e. The Morgan fingerprint density at radius 3 is 1.98 bits per heavy atom. The molecule has 248 valence electrons. The van der Waals surface area contributed by atoms with Crippen molar-refractivity contribution in [2.75, 3.05) is 10.8 Å². The van der Waals surface area contributed by atoms with Crippen molar-refractivity contribution in [3.8, 4) is 0 Å². The number of hydrogen-bond acceptors (Lipinski definition) is 4. The Morgan fingerprint density at radius 2 is 1.40 bits per heavy atom. The minimum Gasteiger partial charge on any atom is -0.352 e. The first-order chi connectivity index (χ1) is 22.2. The lowest BCUT2D eigenvalue weighted by molar-refractivity contribution is -0.140. The second-order valence-corrected chi connectivity index (χ2v) is 13.6. The van der Waals surface area contributed by atoms with Gasteiger partial charge in [0.2, 0.25) is 11.8 Å². The second kappa shape index (κ2) is 15.2. The molecular formula is C34H32Cl2F3N3O4S. The third kappa shape index (κ3) is 9.06. The zero-order valence-corrected chi connectivity index (χ0v) is 27.7. The largest absolute Gasteiger partial charge is 0.416 e. The number of nitrogens with zero attached hydrogens (tertiary/aromatic N) is 2. The topological polar surface area (TPSA) is 86.8 Å². The zero-order valence-electron chi connectivity index (χ0n) is 25.4. The highest BCUT2D eigenvalue weighted by atomic mass is 35.5. The second-order valence-electron chi connectivity index (χ2n) is 11.0. The van der Waals surface area contributed by atoms with Gasteiger partial charge in [-0.25, -0.2) is 8.42 Å². The van der Waals surface area contributed by atoms with Crippen molar-refractivity contribution in [1.82, 2.24) is 10.2 Å². The van der Waals surface area contributed by atoms with Crippen LogP contribution in [0.5, 0.6) is 0 Å². The number of anilines is 1. The van der Waals surface area contributed by atoms with Gasteiger partial charge >= 0.3 is 6.18 Å². The minimum absolute atomic E-state index is 0.0300. The summed E-state index contributed by atoms with van der Waals surface area (Å²) in [6, 6.07) is 22.8. The van der Waals surface area contributed by atoms with E-state index in [1.807, 2.05) is 0 Å². The molecule has 47 heavy (non-hydrogen) atoms. The van der Waals surface area contributed by atoms with Crippen LogP contribution in [0.1, 0.15) is 30.5 Å². The van der Waals surface area contributed by atoms with Gasteiger partial charge in [0.05, 0.1) is 16.1 Å². The lowest BCUT2D eigenvalue weighted by Gasteiger charge is -2.34. The lowest BCUT2D eigenvalue weighted by atomic mass is 10.0. The fourth-order valence-electron chi connectivity index (χ4n) is 4.87. The molecule has 0 aliphatic carbocycles. The van der Waals surface area contributed by atoms with Crippen LogP contribution in [0.25, 0.3) is 0 Å². The molecule has 0 aliphatic heterocycles. The highest BCUT2D eigenvalue weighted by Gasteiger charge is 2.37. The van der Waals surface area contributed by atoms with Crippen LogP contribution in [-0.4, -0.2) is 43.8 Å². The smallest absolute Gasteiger partial charge is 0.352 e. The van der Waals surface area contributed by atoms with Crippen LogP contribution < -0.4 is 9.62 Å². The van der Waals surface area contributed by atoms with Gasteiger partial charge in [-0.05, 0) is 61.9 Å². The number of hydrogen-bond donors (Lipinski definition) is 1. The van der Waals surface area contributed by atoms with Crippen LogP contribution in [0, 0.1) is 0 Å². The molecule has 0 saturated heterocycles. The Labute approximate surface area is 282 Å². The quantitative estimate of drug-likeness (QED) is 0.167. The summed E-state index contributed by atoms with van der Waals surface area (Å²) in [6.07, 6.45) is -4.76. The van der Waals surface area contributed by atoms with Crippen molar-refractivity contribution in [1.29, 1.82) is 0 Å². The Morgan fingerprint density at radius 1 is 0.830 bits per heavy atom. The van der Waals surface area contributed by atoms with E-state index in [0.717, 1.165) is 12.1 Å². The van der Waals surface area contributed by atoms with Crippen LogP contribution in [-0.2, 0) is 38.8 Å². The first kappa shape index (κ1) is 35.8. The monoisotopic (exact) mass is 705 g/mol. The fraction of sp³-hybridized carbons (Fsp3) is 0.235. The normalized spacial score (nSPS) is 12.4. The van der Waals surface area contributed by atoms with Gasteiger partial charge in [-0.2, -0.15) is 13.2 Å². The van der Waals surface area contributed by atoms with E-state index >= 15 is 0 Å². The van der Waals surface area contributed by atoms with Crippen LogP contribution >= 0.6 is 23.2 Å². The van der Waals surface area contributed by atoms with E-state index in [1.165, 1.54) is 35.2 Å². The summed E-state index contributed by atoms with van der Waals surface area (Å²) in [4.78, 5) is 29.2. The summed E-state index contributed by atoms with van der Waals surface area (Å²) in [5.74, 6) is -1.41. The fourth-order valence-corrected chi connectivity index (χ4v) is 6.82. The molecule has 0 aromatic heterocycles. The van der Waals surface area contributed by atoms with Gasteiger partial charge in [0.15, 0.2) is 0 Å². The number of benzene rings is 4. The molecular weight excluding hydrogens is 674 g/mol. The number of nitrogens with one attached hydrogen (secondary N) is 1. The highest BCUT2D eigenvalue weighted by Crippen LogP contribution is 2.34. The van der Waals surface area contributed by atoms with E-state index in [0.29, 0.717) is 21.5 Å². The van der Waals surface area contributed by atoms with Gasteiger partial charge < -0.3 is 10.2 Å². The molecule has 2 amide bonds. The van der Waals surface area contributed by atoms with Gasteiger partial charge in [0.1, 0.15) is 12.6 Å². The van der Waals surface area contributed by atoms with E-state index in [9.17, 15) is 31.2 Å². The molecule has 0 spiro atoms. The van der Waals surface area contributed by atoms with E-state index in [-0.39, 0.29) is 39.6 Å². The zero-order chi connectivity index (χ0) is 34.4. The molecule has 4 rings (SSSR count). The number of alkyl halides is 3. The number of amides is 2. The van der Waals surface area contributed by atoms with Crippen molar-refractivity contribution < 1.29 is 31.2 Å². The molecule has 1 N–H and O–H groups in total. The summed E-state index contributed by atoms with van der Waals surface area (Å²) in [7, 11) is -4.59. The first-order valence-electron chi connectivity index (χ1n) is 14.5. The molecule has 0 fully saturated rings. The van der Waals surface area contributed by atoms with Gasteiger partial charge in [0, 0.05) is 34.6 Å². The first-order valence-corrected chi connectivity index (χ1v) is 16.7. The van der Waals surface area contributed by atoms with Gasteiger partial charge in [0.25, 0.3) is 10.0 Å². The SMILES string of the molecule is CC(C)NC(=O)[C@@H](Cc1ccccc1)N(Cc1c(Cl)cccc1Cl)C(=O)CN(c1cccc(C(F)(F)F)c1)S(=O)(=O)c1ccccc1. The predicted molar refractivity (Wildman–Crippen MR) is 177 cm³/mol. The summed E-state index contributed by atoms with van der Waals surface area (Å²) >= 11 is 13.0. The summed E-state index contributed by atoms with van der Waals surface area (Å²) in [6.45, 7) is 2.25. The Kier molecular flexibility index (Phi) is 11.6. The van der Waals surface area contributed by atoms with Gasteiger partial charge in [-0.15, -0.1) is 0 Å². The van der Waals surface area contributed by atoms with Crippen LogP contribution in [0.2, 0.25) is 10.0 Å². The summed E-state index contributed by atoms with van der Waals surface area (Å²) < 4.78 is 69.9. The summed E-state index contributed by atoms with van der Waals surface area (Å²) in [5.41, 5.74) is -0.491. The molecule has 4 aromatic rings. The predicted octanol–water partition coefficient (Wildman–Crippen LogP) is 7.37. The standard InChI is InChI=1S/C34H32Cl2F3N3O4S/c1-23(2)40-33(44)31(19-24-11-5-3-6-12-24)41(21-28-29(35)17-10-18-30(28)36)32(43)22-42(47(45,46)27-15-7-4-8-16-27)26-14-9-13-25(20-26)34(37,38)39/h3-18,20,23,31H,19,21-22H2,1-2H3,(H,40,44)/t31-/m1/s1. The maximum atomic E-state index is 14.5. The average Bonchev–Trinajstić information content (AvgIpc) is 3.02. The van der Waals surface area contributed by atoms with Crippen molar-refractivity contribution in [3.05, 3.63) is 130 Å². The molecule has 4 aromatic carbocycles. The highest BCUT2D eigenvalue weighted by molar-refractivity contribution is 7.92. The van der Waals surface area contributed by atoms with E-state index in [2.05, 4.69) is 5.32 Å². The Balaban J connectivity index is 1.87. The van der Waals surface area contributed by atoms with Crippen LogP contribution in [0.3, 0.4) is 0 Å². The van der Waals surface area contributed by atoms with E-state index < -0.39 is 46.2 Å². The molecule has 0 unspecified atom stereocenters. The number of sulfonamides is 1. The van der Waals surface area contributed by atoms with Crippen molar-refractivity contribution >= 4 is 50.7 Å². The molecule has 0 aliphatic rings. The lowest BCUT2D eigenvalue weighted by Crippen LogP contribution is -2.54. The van der Waals surface area contributed by atoms with Crippen molar-refractivity contribution in [3.63, 3.8) is 0 Å². The Hall–Kier alpha value is -4.06. The molecule has 13 heteroatoms. The van der Waals surface area contributed by atoms with E-state index in [1.54, 1.807) is 68.4 Å². The minimum atomic E-state index is -4.79. The Bertz CT molecular complexity index is 1790. The summed E-state index contributed by atoms with van der Waals surface area (Å²) in [5, 5.41) is 3.22. The number of rotatable bonds is 12. The molecule has 1 atom stereocenters. The third-order valence-corrected chi connectivity index (χ3v) is 9.66. The van der Waals surface area contributed by atoms with Gasteiger partial charge in [-0.3, -0.25) is 13.9 Å². The maximum absolute atomic E-state index is 14.5. The van der Waals surface area contributed by atoms with Crippen LogP contribution in [0.15, 0.2) is 108 Å². The molecule has 0 saturated carbocycles. The average molecular weight is 707 g/mol. The number of carbonyl (C=O) groups is 2. The molecule has 0 heterocycles. The molecule has 0 bridgehead atoms. The molecule has 0 radical (unpaired) electrons. The van der Waals surface area contributed by atoms with Crippen molar-refractivity contribution in [2.45, 2.75) is 50.0 Å². The van der Waals surface area contributed by atoms with Crippen molar-refractivity contribution in [2.24, 2.45) is 0 Å². The number of halogens is 5. The molecule has 7 nitrogen and oxygen atoms in total. The van der Waals surface area contributed by atoms with E-state index in [4.69, 9.17) is 23.2 Å². The third-order valence-electron chi connectivity index (χ3n) is 7.16. The number of carbonyl (C=O) groups excluding carboxylic acids is 2.